The zero-order valence-corrected chi connectivity index (χ0v) is 12.2. The molecule has 0 radical (unpaired) electrons. The number of benzene rings is 2. The lowest BCUT2D eigenvalue weighted by molar-refractivity contribution is 0.223. The Morgan fingerprint density at radius 1 is 1.10 bits per heavy atom. The molecule has 1 aromatic heterocycles. The maximum absolute atomic E-state index is 13.2. The van der Waals surface area contributed by atoms with Gasteiger partial charge in [-0.3, -0.25) is 0 Å². The van der Waals surface area contributed by atoms with Crippen LogP contribution in [0.15, 0.2) is 42.5 Å². The molecule has 2 aromatic carbocycles. The highest BCUT2D eigenvalue weighted by Crippen LogP contribution is 2.34. The van der Waals surface area contributed by atoms with Crippen LogP contribution in [0, 0.1) is 19.7 Å². The van der Waals surface area contributed by atoms with E-state index in [-0.39, 0.29) is 5.82 Å². The van der Waals surface area contributed by atoms with Crippen molar-refractivity contribution in [1.82, 2.24) is 0 Å². The van der Waals surface area contributed by atoms with Gasteiger partial charge in [0.15, 0.2) is 0 Å². The second kappa shape index (κ2) is 5.00. The minimum Gasteiger partial charge on any atom is -0.383 e. The molecule has 3 rings (SSSR count). The van der Waals surface area contributed by atoms with Crippen LogP contribution in [0.3, 0.4) is 0 Å². The summed E-state index contributed by atoms with van der Waals surface area (Å²) in [5.41, 5.74) is 3.18. The smallest absolute Gasteiger partial charge is 0.123 e. The van der Waals surface area contributed by atoms with Crippen LogP contribution >= 0.6 is 11.3 Å². The standard InChI is InChI=1S/C17H15FOS/c1-10-4-3-5-14(11(10)2)17(19)16-9-12-8-13(18)6-7-15(12)20-16/h3-9,17,19H,1-2H3. The van der Waals surface area contributed by atoms with Crippen molar-refractivity contribution in [3.8, 4) is 0 Å². The lowest BCUT2D eigenvalue weighted by Crippen LogP contribution is -2.00. The van der Waals surface area contributed by atoms with Crippen molar-refractivity contribution in [2.75, 3.05) is 0 Å². The Kier molecular flexibility index (Phi) is 3.32. The number of rotatable bonds is 2. The Labute approximate surface area is 121 Å². The first kappa shape index (κ1) is 13.3. The van der Waals surface area contributed by atoms with E-state index in [0.717, 1.165) is 31.7 Å². The van der Waals surface area contributed by atoms with Crippen molar-refractivity contribution in [1.29, 1.82) is 0 Å². The average molecular weight is 286 g/mol. The Balaban J connectivity index is 2.08. The van der Waals surface area contributed by atoms with E-state index >= 15 is 0 Å². The van der Waals surface area contributed by atoms with Gasteiger partial charge < -0.3 is 5.11 Å². The van der Waals surface area contributed by atoms with Gasteiger partial charge in [0.25, 0.3) is 0 Å². The van der Waals surface area contributed by atoms with Gasteiger partial charge >= 0.3 is 0 Å². The Morgan fingerprint density at radius 2 is 1.90 bits per heavy atom. The zero-order valence-electron chi connectivity index (χ0n) is 11.4. The van der Waals surface area contributed by atoms with Gasteiger partial charge in [-0.1, -0.05) is 18.2 Å². The Bertz CT molecular complexity index is 776. The molecule has 20 heavy (non-hydrogen) atoms. The van der Waals surface area contributed by atoms with Crippen LogP contribution in [0.2, 0.25) is 0 Å². The van der Waals surface area contributed by atoms with Crippen LogP contribution in [0.4, 0.5) is 4.39 Å². The molecule has 3 aromatic rings. The number of hydrogen-bond donors (Lipinski definition) is 1. The number of halogens is 1. The molecule has 0 amide bonds. The summed E-state index contributed by atoms with van der Waals surface area (Å²) in [5, 5.41) is 11.4. The molecule has 1 nitrogen and oxygen atoms in total. The molecule has 102 valence electrons. The predicted molar refractivity (Wildman–Crippen MR) is 81.8 cm³/mol. The molecule has 0 saturated carbocycles. The fraction of sp³-hybridized carbons (Fsp3) is 0.176. The normalized spacial score (nSPS) is 12.8. The number of hydrogen-bond acceptors (Lipinski definition) is 2. The first-order valence-electron chi connectivity index (χ1n) is 6.49. The van der Waals surface area contributed by atoms with Gasteiger partial charge in [-0.05, 0) is 60.2 Å². The summed E-state index contributed by atoms with van der Waals surface area (Å²) in [5.74, 6) is -0.247. The fourth-order valence-corrected chi connectivity index (χ4v) is 3.44. The molecule has 0 aliphatic heterocycles. The summed E-state index contributed by atoms with van der Waals surface area (Å²) in [7, 11) is 0. The molecule has 0 aliphatic rings. The van der Waals surface area contributed by atoms with Crippen molar-refractivity contribution in [3.63, 3.8) is 0 Å². The first-order valence-corrected chi connectivity index (χ1v) is 7.31. The third kappa shape index (κ3) is 2.23. The lowest BCUT2D eigenvalue weighted by atomic mass is 9.98. The molecule has 0 spiro atoms. The maximum atomic E-state index is 13.2. The Hall–Kier alpha value is -1.71. The molecule has 1 heterocycles. The van der Waals surface area contributed by atoms with Crippen molar-refractivity contribution in [3.05, 3.63) is 69.8 Å². The van der Waals surface area contributed by atoms with E-state index in [1.807, 2.05) is 38.1 Å². The van der Waals surface area contributed by atoms with Gasteiger partial charge in [0.2, 0.25) is 0 Å². The van der Waals surface area contributed by atoms with Gasteiger partial charge in [0.05, 0.1) is 0 Å². The molecule has 1 N–H and O–H groups in total. The van der Waals surface area contributed by atoms with Crippen LogP contribution in [-0.2, 0) is 0 Å². The fourth-order valence-electron chi connectivity index (χ4n) is 2.39. The summed E-state index contributed by atoms with van der Waals surface area (Å²) >= 11 is 1.51. The molecular formula is C17H15FOS. The number of fused-ring (bicyclic) bond motifs is 1. The van der Waals surface area contributed by atoms with Crippen molar-refractivity contribution < 1.29 is 9.50 Å². The highest BCUT2D eigenvalue weighted by molar-refractivity contribution is 7.19. The molecule has 0 bridgehead atoms. The summed E-state index contributed by atoms with van der Waals surface area (Å²) in [4.78, 5) is 0.847. The number of thiophene rings is 1. The largest absolute Gasteiger partial charge is 0.383 e. The van der Waals surface area contributed by atoms with Gasteiger partial charge in [0.1, 0.15) is 11.9 Å². The highest BCUT2D eigenvalue weighted by atomic mass is 32.1. The van der Waals surface area contributed by atoms with Gasteiger partial charge in [-0.15, -0.1) is 11.3 Å². The van der Waals surface area contributed by atoms with Crippen molar-refractivity contribution >= 4 is 21.4 Å². The third-order valence-electron chi connectivity index (χ3n) is 3.71. The topological polar surface area (TPSA) is 20.2 Å². The number of aliphatic hydroxyl groups excluding tert-OH is 1. The molecule has 3 heteroatoms. The SMILES string of the molecule is Cc1cccc(C(O)c2cc3cc(F)ccc3s2)c1C. The minimum absolute atomic E-state index is 0.247. The number of aryl methyl sites for hydroxylation is 1. The highest BCUT2D eigenvalue weighted by Gasteiger charge is 2.16. The maximum Gasteiger partial charge on any atom is 0.123 e. The molecule has 1 unspecified atom stereocenters. The zero-order chi connectivity index (χ0) is 14.3. The molecule has 1 atom stereocenters. The lowest BCUT2D eigenvalue weighted by Gasteiger charge is -2.13. The molecule has 0 fully saturated rings. The van der Waals surface area contributed by atoms with E-state index in [1.165, 1.54) is 23.5 Å². The second-order valence-electron chi connectivity index (χ2n) is 5.02. The Morgan fingerprint density at radius 3 is 2.70 bits per heavy atom. The quantitative estimate of drug-likeness (QED) is 0.721. The first-order chi connectivity index (χ1) is 9.56. The second-order valence-corrected chi connectivity index (χ2v) is 6.14. The van der Waals surface area contributed by atoms with Crippen molar-refractivity contribution in [2.24, 2.45) is 0 Å². The van der Waals surface area contributed by atoms with Crippen LogP contribution in [0.5, 0.6) is 0 Å². The minimum atomic E-state index is -0.657. The van der Waals surface area contributed by atoms with Crippen LogP contribution in [0.25, 0.3) is 10.1 Å². The predicted octanol–water partition coefficient (Wildman–Crippen LogP) is 4.74. The van der Waals surface area contributed by atoms with E-state index in [9.17, 15) is 9.50 Å². The summed E-state index contributed by atoms with van der Waals surface area (Å²) < 4.78 is 14.2. The monoisotopic (exact) mass is 286 g/mol. The van der Waals surface area contributed by atoms with Crippen LogP contribution in [0.1, 0.15) is 27.7 Å². The summed E-state index contributed by atoms with van der Waals surface area (Å²) in [6, 6.07) is 12.5. The van der Waals surface area contributed by atoms with Crippen LogP contribution < -0.4 is 0 Å². The molecular weight excluding hydrogens is 271 g/mol. The van der Waals surface area contributed by atoms with E-state index in [4.69, 9.17) is 0 Å². The van der Waals surface area contributed by atoms with E-state index in [1.54, 1.807) is 6.07 Å². The van der Waals surface area contributed by atoms with E-state index < -0.39 is 6.10 Å². The molecule has 0 aliphatic carbocycles. The summed E-state index contributed by atoms with van der Waals surface area (Å²) in [6.07, 6.45) is -0.657. The summed E-state index contributed by atoms with van der Waals surface area (Å²) in [6.45, 7) is 4.05. The van der Waals surface area contributed by atoms with Gasteiger partial charge in [-0.2, -0.15) is 0 Å². The van der Waals surface area contributed by atoms with Crippen LogP contribution in [-0.4, -0.2) is 5.11 Å². The third-order valence-corrected chi connectivity index (χ3v) is 4.88. The van der Waals surface area contributed by atoms with Gasteiger partial charge in [0, 0.05) is 9.58 Å². The van der Waals surface area contributed by atoms with E-state index in [0.29, 0.717) is 0 Å². The van der Waals surface area contributed by atoms with E-state index in [2.05, 4.69) is 0 Å². The number of aliphatic hydroxyl groups is 1. The van der Waals surface area contributed by atoms with Crippen molar-refractivity contribution in [2.45, 2.75) is 20.0 Å². The van der Waals surface area contributed by atoms with Gasteiger partial charge in [-0.25, -0.2) is 4.39 Å². The average Bonchev–Trinajstić information content (AvgIpc) is 2.84. The molecule has 0 saturated heterocycles.